The Bertz CT molecular complexity index is 769. The van der Waals surface area contributed by atoms with Crippen molar-refractivity contribution in [3.8, 4) is 11.3 Å². The van der Waals surface area contributed by atoms with Gasteiger partial charge >= 0.3 is 0 Å². The topological polar surface area (TPSA) is 31.9 Å². The lowest BCUT2D eigenvalue weighted by Crippen LogP contribution is -2.18. The lowest BCUT2D eigenvalue weighted by Gasteiger charge is -2.16. The van der Waals surface area contributed by atoms with Gasteiger partial charge in [0.15, 0.2) is 0 Å². The second-order valence-electron chi connectivity index (χ2n) is 5.85. The Balaban J connectivity index is 1.78. The van der Waals surface area contributed by atoms with Crippen LogP contribution in [0.25, 0.3) is 22.0 Å². The molecule has 4 rings (SSSR count). The fourth-order valence-corrected chi connectivity index (χ4v) is 3.36. The number of hydrogen-bond acceptors (Lipinski definition) is 2. The second kappa shape index (κ2) is 5.01. The van der Waals surface area contributed by atoms with E-state index in [9.17, 15) is 0 Å². The van der Waals surface area contributed by atoms with E-state index < -0.39 is 0 Å². The average molecular weight is 277 g/mol. The van der Waals surface area contributed by atoms with Gasteiger partial charge in [0.25, 0.3) is 0 Å². The molecule has 0 saturated carbocycles. The molecule has 0 bridgehead atoms. The highest BCUT2D eigenvalue weighted by atomic mass is 15.2. The highest BCUT2D eigenvalue weighted by Crippen LogP contribution is 2.32. The Morgan fingerprint density at radius 2 is 2.00 bits per heavy atom. The van der Waals surface area contributed by atoms with E-state index in [1.54, 1.807) is 0 Å². The Morgan fingerprint density at radius 1 is 1.14 bits per heavy atom. The molecule has 3 aromatic rings. The number of fused-ring (bicyclic) bond motifs is 1. The number of aromatic amines is 1. The lowest BCUT2D eigenvalue weighted by atomic mass is 10.0. The van der Waals surface area contributed by atoms with Crippen molar-refractivity contribution in [3.63, 3.8) is 0 Å². The van der Waals surface area contributed by atoms with Crippen LogP contribution in [0.3, 0.4) is 0 Å². The third-order valence-corrected chi connectivity index (χ3v) is 4.51. The van der Waals surface area contributed by atoms with E-state index in [2.05, 4.69) is 64.4 Å². The highest BCUT2D eigenvalue weighted by Gasteiger charge is 2.25. The standard InChI is InChI=1S/C18H19N3/c1-21-11-5-10-17(21)18-19-12-16(20-18)15-9-4-7-13-6-2-3-8-14(13)15/h2-4,6-9,12,17H,5,10-11H2,1H3,(H,19,20)/t17-/m1/s1. The Hall–Kier alpha value is -2.13. The van der Waals surface area contributed by atoms with Gasteiger partial charge in [0.1, 0.15) is 5.82 Å². The number of nitrogens with zero attached hydrogens (tertiary/aromatic N) is 2. The van der Waals surface area contributed by atoms with Crippen LogP contribution >= 0.6 is 0 Å². The molecule has 3 nitrogen and oxygen atoms in total. The predicted molar refractivity (Wildman–Crippen MR) is 86.1 cm³/mol. The molecule has 1 fully saturated rings. The van der Waals surface area contributed by atoms with Crippen molar-refractivity contribution >= 4 is 10.8 Å². The van der Waals surface area contributed by atoms with Crippen LogP contribution in [0.5, 0.6) is 0 Å². The first-order valence-corrected chi connectivity index (χ1v) is 7.56. The molecule has 2 heterocycles. The van der Waals surface area contributed by atoms with Gasteiger partial charge < -0.3 is 4.98 Å². The first-order chi connectivity index (χ1) is 10.3. The zero-order valence-corrected chi connectivity index (χ0v) is 12.2. The fourth-order valence-electron chi connectivity index (χ4n) is 3.36. The van der Waals surface area contributed by atoms with Crippen molar-refractivity contribution in [2.45, 2.75) is 18.9 Å². The lowest BCUT2D eigenvalue weighted by molar-refractivity contribution is 0.307. The SMILES string of the molecule is CN1CCC[C@@H]1c1ncc(-c2cccc3ccccc23)[nH]1. The van der Waals surface area contributed by atoms with E-state index in [4.69, 9.17) is 0 Å². The van der Waals surface area contributed by atoms with Crippen LogP contribution in [0, 0.1) is 0 Å². The fraction of sp³-hybridized carbons (Fsp3) is 0.278. The second-order valence-corrected chi connectivity index (χ2v) is 5.85. The number of benzene rings is 2. The quantitative estimate of drug-likeness (QED) is 0.768. The molecule has 0 spiro atoms. The summed E-state index contributed by atoms with van der Waals surface area (Å²) in [6, 6.07) is 15.4. The molecule has 3 heteroatoms. The minimum Gasteiger partial charge on any atom is -0.341 e. The van der Waals surface area contributed by atoms with Crippen LogP contribution < -0.4 is 0 Å². The van der Waals surface area contributed by atoms with Gasteiger partial charge in [-0.05, 0) is 37.2 Å². The molecule has 1 aliphatic rings. The minimum absolute atomic E-state index is 0.439. The van der Waals surface area contributed by atoms with Gasteiger partial charge in [0.05, 0.1) is 17.9 Å². The third kappa shape index (κ3) is 2.14. The largest absolute Gasteiger partial charge is 0.341 e. The molecule has 21 heavy (non-hydrogen) atoms. The smallest absolute Gasteiger partial charge is 0.123 e. The summed E-state index contributed by atoms with van der Waals surface area (Å²) in [4.78, 5) is 10.6. The van der Waals surface area contributed by atoms with Gasteiger partial charge in [0.2, 0.25) is 0 Å². The van der Waals surface area contributed by atoms with E-state index in [0.29, 0.717) is 6.04 Å². The summed E-state index contributed by atoms with van der Waals surface area (Å²) in [5.74, 6) is 1.10. The summed E-state index contributed by atoms with van der Waals surface area (Å²) < 4.78 is 0. The average Bonchev–Trinajstić information content (AvgIpc) is 3.15. The van der Waals surface area contributed by atoms with E-state index in [1.165, 1.54) is 29.2 Å². The van der Waals surface area contributed by atoms with Gasteiger partial charge in [0, 0.05) is 5.56 Å². The maximum absolute atomic E-state index is 4.63. The molecule has 0 unspecified atom stereocenters. The van der Waals surface area contributed by atoms with Crippen molar-refractivity contribution in [3.05, 3.63) is 54.5 Å². The summed E-state index contributed by atoms with van der Waals surface area (Å²) in [7, 11) is 2.18. The number of hydrogen-bond donors (Lipinski definition) is 1. The molecule has 1 N–H and O–H groups in total. The number of imidazole rings is 1. The van der Waals surface area contributed by atoms with Crippen molar-refractivity contribution in [1.29, 1.82) is 0 Å². The summed E-state index contributed by atoms with van der Waals surface area (Å²) in [6.07, 6.45) is 4.42. The minimum atomic E-state index is 0.439. The van der Waals surface area contributed by atoms with Crippen LogP contribution in [0.15, 0.2) is 48.7 Å². The van der Waals surface area contributed by atoms with Crippen LogP contribution in [-0.4, -0.2) is 28.5 Å². The van der Waals surface area contributed by atoms with Crippen molar-refractivity contribution in [1.82, 2.24) is 14.9 Å². The molecular formula is C18H19N3. The van der Waals surface area contributed by atoms with E-state index in [0.717, 1.165) is 18.1 Å². The number of rotatable bonds is 2. The molecule has 0 amide bonds. The summed E-state index contributed by atoms with van der Waals surface area (Å²) in [5.41, 5.74) is 2.34. The van der Waals surface area contributed by atoms with Crippen molar-refractivity contribution in [2.24, 2.45) is 0 Å². The normalized spacial score (nSPS) is 19.4. The molecule has 0 aliphatic carbocycles. The maximum Gasteiger partial charge on any atom is 0.123 e. The van der Waals surface area contributed by atoms with Crippen LogP contribution in [0.2, 0.25) is 0 Å². The molecule has 1 atom stereocenters. The van der Waals surface area contributed by atoms with Gasteiger partial charge in [-0.25, -0.2) is 4.98 Å². The van der Waals surface area contributed by atoms with Gasteiger partial charge in [-0.15, -0.1) is 0 Å². The Labute approximate surface area is 124 Å². The van der Waals surface area contributed by atoms with Crippen LogP contribution in [0.1, 0.15) is 24.7 Å². The summed E-state index contributed by atoms with van der Waals surface area (Å²) in [5, 5.41) is 2.54. The zero-order valence-electron chi connectivity index (χ0n) is 12.2. The molecule has 1 aromatic heterocycles. The number of aromatic nitrogens is 2. The molecule has 1 saturated heterocycles. The summed E-state index contributed by atoms with van der Waals surface area (Å²) >= 11 is 0. The Kier molecular flexibility index (Phi) is 3.00. The third-order valence-electron chi connectivity index (χ3n) is 4.51. The number of H-pyrrole nitrogens is 1. The van der Waals surface area contributed by atoms with Gasteiger partial charge in [-0.3, -0.25) is 4.90 Å². The Morgan fingerprint density at radius 3 is 2.86 bits per heavy atom. The van der Waals surface area contributed by atoms with E-state index in [1.807, 2.05) is 6.20 Å². The molecule has 106 valence electrons. The zero-order chi connectivity index (χ0) is 14.2. The molecular weight excluding hydrogens is 258 g/mol. The molecule has 2 aromatic carbocycles. The first kappa shape index (κ1) is 12.6. The predicted octanol–water partition coefficient (Wildman–Crippen LogP) is 4.00. The summed E-state index contributed by atoms with van der Waals surface area (Å²) in [6.45, 7) is 1.16. The van der Waals surface area contributed by atoms with Crippen molar-refractivity contribution in [2.75, 3.05) is 13.6 Å². The molecule has 0 radical (unpaired) electrons. The van der Waals surface area contributed by atoms with Gasteiger partial charge in [-0.1, -0.05) is 42.5 Å². The van der Waals surface area contributed by atoms with E-state index in [-0.39, 0.29) is 0 Å². The first-order valence-electron chi connectivity index (χ1n) is 7.56. The number of likely N-dealkylation sites (tertiary alicyclic amines) is 1. The number of nitrogens with one attached hydrogen (secondary N) is 1. The monoisotopic (exact) mass is 277 g/mol. The van der Waals surface area contributed by atoms with Crippen LogP contribution in [0.4, 0.5) is 0 Å². The van der Waals surface area contributed by atoms with Crippen LogP contribution in [-0.2, 0) is 0 Å². The van der Waals surface area contributed by atoms with E-state index >= 15 is 0 Å². The maximum atomic E-state index is 4.63. The molecule has 1 aliphatic heterocycles. The highest BCUT2D eigenvalue weighted by molar-refractivity contribution is 5.95. The van der Waals surface area contributed by atoms with Crippen molar-refractivity contribution < 1.29 is 0 Å². The van der Waals surface area contributed by atoms with Gasteiger partial charge in [-0.2, -0.15) is 0 Å².